The number of halogens is 3. The number of nitrogens with zero attached hydrogens (tertiary/aromatic N) is 1. The van der Waals surface area contributed by atoms with Crippen molar-refractivity contribution in [3.63, 3.8) is 0 Å². The maximum Gasteiger partial charge on any atom is 0.308 e. The molecule has 3 unspecified atom stereocenters. The number of rotatable bonds is 2. The molecule has 1 aliphatic heterocycles. The molecule has 21 heavy (non-hydrogen) atoms. The van der Waals surface area contributed by atoms with Crippen LogP contribution >= 0.6 is 0 Å². The minimum atomic E-state index is -1.42. The Hall–Kier alpha value is -2.05. The van der Waals surface area contributed by atoms with Crippen molar-refractivity contribution in [1.82, 2.24) is 0 Å². The van der Waals surface area contributed by atoms with Crippen LogP contribution in [-0.2, 0) is 9.59 Å². The van der Waals surface area contributed by atoms with Gasteiger partial charge in [0, 0.05) is 24.6 Å². The fourth-order valence-electron chi connectivity index (χ4n) is 2.89. The van der Waals surface area contributed by atoms with Crippen LogP contribution in [0, 0.1) is 29.3 Å². The minimum absolute atomic E-state index is 0.126. The molecule has 7 heteroatoms. The third-order valence-electron chi connectivity index (χ3n) is 3.82. The third-order valence-corrected chi connectivity index (χ3v) is 3.82. The van der Waals surface area contributed by atoms with E-state index in [2.05, 4.69) is 0 Å². The molecule has 0 saturated carbocycles. The SMILES string of the molecule is CC1CC(=O)N(c2cc(F)cc(F)c2F)C(C)C1C(=O)O. The predicted molar refractivity (Wildman–Crippen MR) is 68.2 cm³/mol. The van der Waals surface area contributed by atoms with Crippen LogP contribution in [0.3, 0.4) is 0 Å². The van der Waals surface area contributed by atoms with Crippen molar-refractivity contribution in [2.24, 2.45) is 11.8 Å². The number of piperidine rings is 1. The summed E-state index contributed by atoms with van der Waals surface area (Å²) in [4.78, 5) is 24.2. The Bertz CT molecular complexity index is 605. The van der Waals surface area contributed by atoms with Gasteiger partial charge in [-0.3, -0.25) is 9.59 Å². The average Bonchev–Trinajstić information content (AvgIpc) is 2.33. The zero-order chi connectivity index (χ0) is 15.9. The maximum atomic E-state index is 13.9. The van der Waals surface area contributed by atoms with Crippen LogP contribution in [0.4, 0.5) is 18.9 Å². The first kappa shape index (κ1) is 15.3. The van der Waals surface area contributed by atoms with E-state index in [4.69, 9.17) is 0 Å². The van der Waals surface area contributed by atoms with Crippen LogP contribution in [0.25, 0.3) is 0 Å². The second-order valence-corrected chi connectivity index (χ2v) is 5.27. The minimum Gasteiger partial charge on any atom is -0.481 e. The summed E-state index contributed by atoms with van der Waals surface area (Å²) in [5.41, 5.74) is -0.567. The van der Waals surface area contributed by atoms with Crippen molar-refractivity contribution in [3.05, 3.63) is 29.6 Å². The Morgan fingerprint density at radius 2 is 1.90 bits per heavy atom. The summed E-state index contributed by atoms with van der Waals surface area (Å²) < 4.78 is 40.5. The summed E-state index contributed by atoms with van der Waals surface area (Å²) in [5.74, 6) is -6.89. The molecule has 1 fully saturated rings. The van der Waals surface area contributed by atoms with Crippen molar-refractivity contribution in [2.75, 3.05) is 4.90 Å². The lowest BCUT2D eigenvalue weighted by molar-refractivity contribution is -0.146. The summed E-state index contributed by atoms with van der Waals surface area (Å²) in [5, 5.41) is 9.23. The molecule has 0 spiro atoms. The molecule has 1 aromatic rings. The fourth-order valence-corrected chi connectivity index (χ4v) is 2.89. The lowest BCUT2D eigenvalue weighted by Gasteiger charge is -2.40. The van der Waals surface area contributed by atoms with Gasteiger partial charge in [0.25, 0.3) is 0 Å². The zero-order valence-corrected chi connectivity index (χ0v) is 11.4. The summed E-state index contributed by atoms with van der Waals surface area (Å²) >= 11 is 0. The molecule has 3 atom stereocenters. The van der Waals surface area contributed by atoms with E-state index in [0.717, 1.165) is 4.90 Å². The highest BCUT2D eigenvalue weighted by molar-refractivity contribution is 5.96. The molecule has 2 rings (SSSR count). The molecule has 1 N–H and O–H groups in total. The van der Waals surface area contributed by atoms with Crippen LogP contribution in [-0.4, -0.2) is 23.0 Å². The molecule has 0 aromatic heterocycles. The normalized spacial score (nSPS) is 26.0. The lowest BCUT2D eigenvalue weighted by atomic mass is 9.80. The van der Waals surface area contributed by atoms with Crippen LogP contribution in [0.1, 0.15) is 20.3 Å². The van der Waals surface area contributed by atoms with E-state index in [1.807, 2.05) is 0 Å². The van der Waals surface area contributed by atoms with E-state index in [1.165, 1.54) is 6.92 Å². The van der Waals surface area contributed by atoms with Gasteiger partial charge in [-0.05, 0) is 12.8 Å². The number of carboxylic acids is 1. The summed E-state index contributed by atoms with van der Waals surface area (Å²) in [7, 11) is 0. The average molecular weight is 301 g/mol. The molecule has 114 valence electrons. The number of benzene rings is 1. The van der Waals surface area contributed by atoms with Gasteiger partial charge in [0.05, 0.1) is 11.6 Å². The maximum absolute atomic E-state index is 13.9. The number of hydrogen-bond donors (Lipinski definition) is 1. The van der Waals surface area contributed by atoms with Gasteiger partial charge in [-0.15, -0.1) is 0 Å². The van der Waals surface area contributed by atoms with Gasteiger partial charge in [-0.2, -0.15) is 0 Å². The zero-order valence-electron chi connectivity index (χ0n) is 11.4. The number of carbonyl (C=O) groups is 2. The van der Waals surface area contributed by atoms with Crippen LogP contribution < -0.4 is 4.90 Å². The smallest absolute Gasteiger partial charge is 0.308 e. The Morgan fingerprint density at radius 3 is 2.48 bits per heavy atom. The lowest BCUT2D eigenvalue weighted by Crippen LogP contribution is -2.53. The van der Waals surface area contributed by atoms with E-state index in [1.54, 1.807) is 6.92 Å². The van der Waals surface area contributed by atoms with Gasteiger partial charge in [0.15, 0.2) is 11.6 Å². The van der Waals surface area contributed by atoms with Gasteiger partial charge in [-0.1, -0.05) is 6.92 Å². The van der Waals surface area contributed by atoms with Crippen molar-refractivity contribution in [1.29, 1.82) is 0 Å². The number of carboxylic acid groups (broad SMARTS) is 1. The molecule has 1 saturated heterocycles. The number of amides is 1. The Balaban J connectivity index is 2.51. The first-order valence-electron chi connectivity index (χ1n) is 6.43. The molecule has 1 aliphatic rings. The molecule has 1 amide bonds. The fraction of sp³-hybridized carbons (Fsp3) is 0.429. The van der Waals surface area contributed by atoms with E-state index < -0.39 is 52.9 Å². The topological polar surface area (TPSA) is 57.6 Å². The second kappa shape index (κ2) is 5.38. The first-order valence-corrected chi connectivity index (χ1v) is 6.43. The van der Waals surface area contributed by atoms with Crippen molar-refractivity contribution >= 4 is 17.6 Å². The Morgan fingerprint density at radius 1 is 1.29 bits per heavy atom. The van der Waals surface area contributed by atoms with Crippen LogP contribution in [0.15, 0.2) is 12.1 Å². The van der Waals surface area contributed by atoms with E-state index in [0.29, 0.717) is 12.1 Å². The standard InChI is InChI=1S/C14H14F3NO3/c1-6-3-11(19)18(7(2)12(6)14(20)21)10-5-8(15)4-9(16)13(10)17/h4-7,12H,3H2,1-2H3,(H,20,21). The van der Waals surface area contributed by atoms with Gasteiger partial charge in [-0.25, -0.2) is 13.2 Å². The van der Waals surface area contributed by atoms with Crippen molar-refractivity contribution in [3.8, 4) is 0 Å². The van der Waals surface area contributed by atoms with Gasteiger partial charge < -0.3 is 10.0 Å². The van der Waals surface area contributed by atoms with E-state index >= 15 is 0 Å². The van der Waals surface area contributed by atoms with E-state index in [9.17, 15) is 27.9 Å². The molecule has 0 bridgehead atoms. The summed E-state index contributed by atoms with van der Waals surface area (Å²) in [6.45, 7) is 3.03. The van der Waals surface area contributed by atoms with Gasteiger partial charge in [0.1, 0.15) is 5.82 Å². The van der Waals surface area contributed by atoms with Crippen LogP contribution in [0.2, 0.25) is 0 Å². The molecule has 1 heterocycles. The number of anilines is 1. The van der Waals surface area contributed by atoms with Crippen molar-refractivity contribution in [2.45, 2.75) is 26.3 Å². The Kier molecular flexibility index (Phi) is 3.93. The molecule has 0 radical (unpaired) electrons. The van der Waals surface area contributed by atoms with E-state index in [-0.39, 0.29) is 6.42 Å². The highest BCUT2D eigenvalue weighted by atomic mass is 19.2. The van der Waals surface area contributed by atoms with Crippen LogP contribution in [0.5, 0.6) is 0 Å². The highest BCUT2D eigenvalue weighted by Gasteiger charge is 2.43. The monoisotopic (exact) mass is 301 g/mol. The molecular formula is C14H14F3NO3. The molecule has 0 aliphatic carbocycles. The largest absolute Gasteiger partial charge is 0.481 e. The highest BCUT2D eigenvalue weighted by Crippen LogP contribution is 2.35. The first-order chi connectivity index (χ1) is 9.73. The molecule has 4 nitrogen and oxygen atoms in total. The second-order valence-electron chi connectivity index (χ2n) is 5.27. The molecule has 1 aromatic carbocycles. The number of aliphatic carboxylic acids is 1. The number of hydrogen-bond acceptors (Lipinski definition) is 2. The quantitative estimate of drug-likeness (QED) is 0.854. The van der Waals surface area contributed by atoms with Gasteiger partial charge in [0.2, 0.25) is 5.91 Å². The molecular weight excluding hydrogens is 287 g/mol. The third kappa shape index (κ3) is 2.59. The Labute approximate surface area is 119 Å². The number of carbonyl (C=O) groups excluding carboxylic acids is 1. The summed E-state index contributed by atoms with van der Waals surface area (Å²) in [6, 6.07) is 0.158. The van der Waals surface area contributed by atoms with Gasteiger partial charge >= 0.3 is 5.97 Å². The van der Waals surface area contributed by atoms with Crippen molar-refractivity contribution < 1.29 is 27.9 Å². The summed E-state index contributed by atoms with van der Waals surface area (Å²) in [6.07, 6.45) is -0.126. The predicted octanol–water partition coefficient (Wildman–Crippen LogP) is 2.57.